The minimum atomic E-state index is -0.624. The van der Waals surface area contributed by atoms with Crippen LogP contribution in [0.1, 0.15) is 13.3 Å². The summed E-state index contributed by atoms with van der Waals surface area (Å²) >= 11 is 0. The number of carbonyl (C=O) groups is 1. The van der Waals surface area contributed by atoms with Crippen LogP contribution in [-0.4, -0.2) is 33.9 Å². The van der Waals surface area contributed by atoms with E-state index in [0.717, 1.165) is 6.20 Å². The van der Waals surface area contributed by atoms with Gasteiger partial charge in [-0.15, -0.1) is 0 Å². The minimum absolute atomic E-state index is 0.0704. The van der Waals surface area contributed by atoms with Gasteiger partial charge in [0.2, 0.25) is 0 Å². The highest BCUT2D eigenvalue weighted by Crippen LogP contribution is 2.22. The average Bonchev–Trinajstić information content (AvgIpc) is 2.38. The molecule has 100 valence electrons. The molecular weight excluding hydrogens is 250 g/mol. The Morgan fingerprint density at radius 1 is 1.74 bits per heavy atom. The molecule has 1 heterocycles. The Morgan fingerprint density at radius 2 is 2.42 bits per heavy atom. The second-order valence-electron chi connectivity index (χ2n) is 3.90. The Bertz CT molecular complexity index is 525. The fraction of sp³-hybridized carbons (Fsp3) is 0.364. The molecule has 19 heavy (non-hydrogen) atoms. The van der Waals surface area contributed by atoms with Crippen LogP contribution in [0.2, 0.25) is 0 Å². The first-order valence-corrected chi connectivity index (χ1v) is 5.46. The van der Waals surface area contributed by atoms with Crippen molar-refractivity contribution in [2.45, 2.75) is 19.4 Å². The number of urea groups is 1. The van der Waals surface area contributed by atoms with Crippen LogP contribution in [0.15, 0.2) is 18.5 Å². The number of aromatic nitrogens is 1. The van der Waals surface area contributed by atoms with Crippen molar-refractivity contribution in [1.82, 2.24) is 9.88 Å². The molecule has 1 aromatic rings. The zero-order valence-corrected chi connectivity index (χ0v) is 10.5. The lowest BCUT2D eigenvalue weighted by atomic mass is 10.2. The first kappa shape index (κ1) is 14.4. The maximum absolute atomic E-state index is 11.9. The lowest BCUT2D eigenvalue weighted by molar-refractivity contribution is -0.384. The number of anilines is 1. The third-order valence-electron chi connectivity index (χ3n) is 2.61. The molecule has 1 aromatic heterocycles. The van der Waals surface area contributed by atoms with Gasteiger partial charge >= 0.3 is 11.7 Å². The fourth-order valence-electron chi connectivity index (χ4n) is 1.31. The zero-order valence-electron chi connectivity index (χ0n) is 10.5. The summed E-state index contributed by atoms with van der Waals surface area (Å²) in [4.78, 5) is 27.0. The molecule has 0 unspecified atom stereocenters. The van der Waals surface area contributed by atoms with E-state index in [1.165, 1.54) is 24.2 Å². The standard InChI is InChI=1S/C11H13N5O3/c1-8(3-5-12)15(2)11(17)14-9-4-6-13-7-10(9)16(18)19/h4,6-8H,3H2,1-2H3,(H,13,14,17)/t8-/m1/s1. The lowest BCUT2D eigenvalue weighted by Crippen LogP contribution is -2.38. The number of nitro groups is 1. The molecule has 0 spiro atoms. The summed E-state index contributed by atoms with van der Waals surface area (Å²) in [6, 6.07) is 2.50. The van der Waals surface area contributed by atoms with Crippen molar-refractivity contribution in [3.63, 3.8) is 0 Å². The van der Waals surface area contributed by atoms with Crippen LogP contribution in [0, 0.1) is 21.4 Å². The first-order chi connectivity index (χ1) is 8.97. The third kappa shape index (κ3) is 3.64. The van der Waals surface area contributed by atoms with E-state index in [1.807, 2.05) is 6.07 Å². The normalized spacial score (nSPS) is 11.2. The summed E-state index contributed by atoms with van der Waals surface area (Å²) in [7, 11) is 1.52. The van der Waals surface area contributed by atoms with Crippen LogP contribution in [0.4, 0.5) is 16.2 Å². The number of carbonyl (C=O) groups excluding carboxylic acids is 1. The molecule has 0 aliphatic rings. The summed E-state index contributed by atoms with van der Waals surface area (Å²) in [6.45, 7) is 1.71. The smallest absolute Gasteiger partial charge is 0.322 e. The number of rotatable bonds is 4. The van der Waals surface area contributed by atoms with Gasteiger partial charge < -0.3 is 10.2 Å². The third-order valence-corrected chi connectivity index (χ3v) is 2.61. The van der Waals surface area contributed by atoms with Crippen molar-refractivity contribution in [1.29, 1.82) is 5.26 Å². The van der Waals surface area contributed by atoms with E-state index in [-0.39, 0.29) is 23.8 Å². The van der Waals surface area contributed by atoms with Crippen molar-refractivity contribution < 1.29 is 9.72 Å². The zero-order chi connectivity index (χ0) is 14.4. The molecule has 1 N–H and O–H groups in total. The van der Waals surface area contributed by atoms with Crippen LogP contribution in [0.5, 0.6) is 0 Å². The number of amides is 2. The molecule has 0 aromatic carbocycles. The number of nitriles is 1. The fourth-order valence-corrected chi connectivity index (χ4v) is 1.31. The average molecular weight is 263 g/mol. The van der Waals surface area contributed by atoms with Crippen LogP contribution < -0.4 is 5.32 Å². The number of hydrogen-bond acceptors (Lipinski definition) is 5. The van der Waals surface area contributed by atoms with Crippen molar-refractivity contribution in [2.75, 3.05) is 12.4 Å². The molecule has 0 bridgehead atoms. The van der Waals surface area contributed by atoms with Gasteiger partial charge in [-0.25, -0.2) is 4.79 Å². The molecule has 2 amide bonds. The lowest BCUT2D eigenvalue weighted by Gasteiger charge is -2.23. The first-order valence-electron chi connectivity index (χ1n) is 5.46. The summed E-state index contributed by atoms with van der Waals surface area (Å²) in [5.74, 6) is 0. The Hall–Kier alpha value is -2.69. The molecule has 1 atom stereocenters. The summed E-state index contributed by atoms with van der Waals surface area (Å²) in [5, 5.41) is 21.8. The highest BCUT2D eigenvalue weighted by Gasteiger charge is 2.20. The SMILES string of the molecule is C[C@H](CC#N)N(C)C(=O)Nc1ccncc1[N+](=O)[O-]. The maximum Gasteiger partial charge on any atom is 0.322 e. The van der Waals surface area contributed by atoms with E-state index >= 15 is 0 Å². The van der Waals surface area contributed by atoms with Crippen LogP contribution >= 0.6 is 0 Å². The van der Waals surface area contributed by atoms with Gasteiger partial charge in [0.25, 0.3) is 0 Å². The Labute approximate surface area is 109 Å². The quantitative estimate of drug-likeness (QED) is 0.656. The van der Waals surface area contributed by atoms with Crippen molar-refractivity contribution >= 4 is 17.4 Å². The molecule has 0 saturated heterocycles. The van der Waals surface area contributed by atoms with Gasteiger partial charge in [0, 0.05) is 19.3 Å². The second-order valence-corrected chi connectivity index (χ2v) is 3.90. The van der Waals surface area contributed by atoms with E-state index in [4.69, 9.17) is 5.26 Å². The van der Waals surface area contributed by atoms with Gasteiger partial charge in [0.05, 0.1) is 17.4 Å². The van der Waals surface area contributed by atoms with E-state index in [9.17, 15) is 14.9 Å². The number of hydrogen-bond donors (Lipinski definition) is 1. The molecule has 0 radical (unpaired) electrons. The Balaban J connectivity index is 2.83. The molecule has 1 rings (SSSR count). The molecular formula is C11H13N5O3. The van der Waals surface area contributed by atoms with Crippen molar-refractivity contribution in [3.05, 3.63) is 28.6 Å². The molecule has 0 saturated carbocycles. The van der Waals surface area contributed by atoms with Gasteiger partial charge in [-0.2, -0.15) is 5.26 Å². The van der Waals surface area contributed by atoms with E-state index in [0.29, 0.717) is 0 Å². The molecule has 0 aliphatic heterocycles. The predicted molar refractivity (Wildman–Crippen MR) is 67.4 cm³/mol. The summed E-state index contributed by atoms with van der Waals surface area (Å²) < 4.78 is 0. The Kier molecular flexibility index (Phi) is 4.76. The maximum atomic E-state index is 11.9. The highest BCUT2D eigenvalue weighted by molar-refractivity contribution is 5.91. The Morgan fingerprint density at radius 3 is 3.00 bits per heavy atom. The summed E-state index contributed by atoms with van der Waals surface area (Å²) in [6.07, 6.45) is 2.60. The van der Waals surface area contributed by atoms with Gasteiger partial charge in [-0.05, 0) is 13.0 Å². The monoisotopic (exact) mass is 263 g/mol. The van der Waals surface area contributed by atoms with Crippen molar-refractivity contribution in [2.24, 2.45) is 0 Å². The van der Waals surface area contributed by atoms with E-state index in [1.54, 1.807) is 6.92 Å². The molecule has 0 aliphatic carbocycles. The van der Waals surface area contributed by atoms with Gasteiger partial charge in [-0.1, -0.05) is 0 Å². The molecule has 8 heteroatoms. The van der Waals surface area contributed by atoms with Crippen molar-refractivity contribution in [3.8, 4) is 6.07 Å². The highest BCUT2D eigenvalue weighted by atomic mass is 16.6. The van der Waals surface area contributed by atoms with Gasteiger partial charge in [-0.3, -0.25) is 15.1 Å². The van der Waals surface area contributed by atoms with E-state index < -0.39 is 11.0 Å². The van der Waals surface area contributed by atoms with Crippen LogP contribution in [0.3, 0.4) is 0 Å². The number of pyridine rings is 1. The largest absolute Gasteiger partial charge is 0.324 e. The van der Waals surface area contributed by atoms with Gasteiger partial charge in [0.1, 0.15) is 11.9 Å². The predicted octanol–water partition coefficient (Wildman–Crippen LogP) is 1.76. The molecule has 0 fully saturated rings. The second kappa shape index (κ2) is 6.30. The van der Waals surface area contributed by atoms with Gasteiger partial charge in [0.15, 0.2) is 0 Å². The molecule has 8 nitrogen and oxygen atoms in total. The number of nitrogens with zero attached hydrogens (tertiary/aromatic N) is 4. The topological polar surface area (TPSA) is 112 Å². The van der Waals surface area contributed by atoms with Crippen LogP contribution in [-0.2, 0) is 0 Å². The van der Waals surface area contributed by atoms with E-state index in [2.05, 4.69) is 10.3 Å². The minimum Gasteiger partial charge on any atom is -0.324 e. The van der Waals surface area contributed by atoms with Crippen LogP contribution in [0.25, 0.3) is 0 Å². The summed E-state index contributed by atoms with van der Waals surface area (Å²) in [5.41, 5.74) is -0.210. The number of nitrogens with one attached hydrogen (secondary N) is 1.